The van der Waals surface area contributed by atoms with E-state index in [0.717, 1.165) is 42.4 Å². The van der Waals surface area contributed by atoms with Crippen LogP contribution in [0.3, 0.4) is 0 Å². The average Bonchev–Trinajstić information content (AvgIpc) is 2.88. The molecule has 1 aromatic carbocycles. The van der Waals surface area contributed by atoms with Gasteiger partial charge >= 0.3 is 0 Å². The van der Waals surface area contributed by atoms with Crippen LogP contribution in [0.1, 0.15) is 80.8 Å². The zero-order chi connectivity index (χ0) is 18.9. The zero-order valence-corrected chi connectivity index (χ0v) is 16.6. The van der Waals surface area contributed by atoms with E-state index in [1.165, 1.54) is 12.0 Å². The molecule has 2 aliphatic carbocycles. The number of hydrogen-bond donors (Lipinski definition) is 1. The van der Waals surface area contributed by atoms with Crippen molar-refractivity contribution in [2.45, 2.75) is 71.8 Å². The Morgan fingerprint density at radius 1 is 1.38 bits per heavy atom. The first-order chi connectivity index (χ1) is 12.2. The lowest BCUT2D eigenvalue weighted by atomic mass is 9.43. The normalized spacial score (nSPS) is 36.4. The molecule has 2 saturated carbocycles. The fraction of sp³-hybridized carbons (Fsp3) is 0.609. The van der Waals surface area contributed by atoms with Crippen LogP contribution in [0, 0.1) is 24.2 Å². The largest absolute Gasteiger partial charge is 0.507 e. The third kappa shape index (κ3) is 2.15. The molecular formula is C23H30O3. The van der Waals surface area contributed by atoms with Crippen molar-refractivity contribution in [3.8, 4) is 11.5 Å². The Labute approximate surface area is 156 Å². The molecule has 3 nitrogen and oxygen atoms in total. The van der Waals surface area contributed by atoms with Gasteiger partial charge in [-0.15, -0.1) is 0 Å². The summed E-state index contributed by atoms with van der Waals surface area (Å²) in [6, 6.07) is 1.96. The first-order valence-corrected chi connectivity index (χ1v) is 9.87. The molecule has 0 bridgehead atoms. The van der Waals surface area contributed by atoms with Crippen molar-refractivity contribution < 1.29 is 14.6 Å². The van der Waals surface area contributed by atoms with Crippen molar-refractivity contribution in [3.63, 3.8) is 0 Å². The topological polar surface area (TPSA) is 46.5 Å². The van der Waals surface area contributed by atoms with Gasteiger partial charge in [-0.25, -0.2) is 0 Å². The van der Waals surface area contributed by atoms with Gasteiger partial charge in [-0.05, 0) is 76.3 Å². The van der Waals surface area contributed by atoms with Gasteiger partial charge in [0.2, 0.25) is 0 Å². The number of aldehydes is 1. The van der Waals surface area contributed by atoms with E-state index in [2.05, 4.69) is 33.8 Å². The predicted octanol–water partition coefficient (Wildman–Crippen LogP) is 5.54. The third-order valence-corrected chi connectivity index (χ3v) is 7.56. The molecule has 4 rings (SSSR count). The monoisotopic (exact) mass is 354 g/mol. The number of phenolic OH excluding ortho intramolecular Hbond substituents is 1. The summed E-state index contributed by atoms with van der Waals surface area (Å²) in [6.45, 7) is 10.8. The quantitative estimate of drug-likeness (QED) is 0.570. The minimum Gasteiger partial charge on any atom is -0.507 e. The Balaban J connectivity index is 1.82. The third-order valence-electron chi connectivity index (χ3n) is 7.56. The number of phenols is 1. The van der Waals surface area contributed by atoms with Crippen molar-refractivity contribution in [2.24, 2.45) is 17.3 Å². The van der Waals surface area contributed by atoms with E-state index in [1.807, 2.05) is 13.0 Å². The van der Waals surface area contributed by atoms with E-state index in [1.54, 1.807) is 0 Å². The maximum Gasteiger partial charge on any atom is 0.154 e. The molecule has 0 aromatic heterocycles. The highest BCUT2D eigenvalue weighted by Gasteiger charge is 2.70. The Hall–Kier alpha value is -1.77. The molecule has 0 radical (unpaired) electrons. The van der Waals surface area contributed by atoms with Crippen LogP contribution >= 0.6 is 0 Å². The molecule has 1 N–H and O–H groups in total. The van der Waals surface area contributed by atoms with Gasteiger partial charge in [-0.2, -0.15) is 0 Å². The van der Waals surface area contributed by atoms with Crippen LogP contribution in [0.4, 0.5) is 0 Å². The molecule has 0 saturated heterocycles. The molecule has 0 spiro atoms. The smallest absolute Gasteiger partial charge is 0.154 e. The van der Waals surface area contributed by atoms with Gasteiger partial charge in [0, 0.05) is 17.4 Å². The van der Waals surface area contributed by atoms with Crippen molar-refractivity contribution in [3.05, 3.63) is 34.4 Å². The van der Waals surface area contributed by atoms with Gasteiger partial charge in [0.05, 0.1) is 5.56 Å². The molecule has 1 aromatic rings. The molecule has 5 atom stereocenters. The highest BCUT2D eigenvalue weighted by Crippen LogP contribution is 2.75. The fourth-order valence-corrected chi connectivity index (χ4v) is 6.29. The van der Waals surface area contributed by atoms with Crippen molar-refractivity contribution in [1.82, 2.24) is 0 Å². The lowest BCUT2D eigenvalue weighted by Crippen LogP contribution is -2.60. The number of carbonyl (C=O) groups is 1. The molecule has 3 heteroatoms. The Morgan fingerprint density at radius 3 is 2.77 bits per heavy atom. The van der Waals surface area contributed by atoms with Gasteiger partial charge in [0.25, 0.3) is 0 Å². The summed E-state index contributed by atoms with van der Waals surface area (Å²) < 4.78 is 6.45. The molecule has 0 unspecified atom stereocenters. The summed E-state index contributed by atoms with van der Waals surface area (Å²) in [5, 5.41) is 10.9. The van der Waals surface area contributed by atoms with Crippen molar-refractivity contribution >= 4 is 6.29 Å². The Bertz CT molecular complexity index is 804. The minimum atomic E-state index is -0.139. The van der Waals surface area contributed by atoms with Gasteiger partial charge in [-0.3, -0.25) is 4.79 Å². The van der Waals surface area contributed by atoms with Gasteiger partial charge in [0.1, 0.15) is 17.1 Å². The summed E-state index contributed by atoms with van der Waals surface area (Å²) in [6.07, 6.45) is 7.55. The summed E-state index contributed by atoms with van der Waals surface area (Å²) in [5.41, 5.74) is 3.47. The van der Waals surface area contributed by atoms with E-state index < -0.39 is 0 Å². The summed E-state index contributed by atoms with van der Waals surface area (Å²) in [4.78, 5) is 11.5. The molecule has 3 aliphatic rings. The van der Waals surface area contributed by atoms with Gasteiger partial charge in [0.15, 0.2) is 6.29 Å². The molecule has 1 heterocycles. The SMILES string of the molecule is CC(C)=CCC[C@@]1(C)[C@@H]2c3c(cc(C)c(C=O)c3O)O[C@]3(C)CC[C@H]1[C@H]23. The summed E-state index contributed by atoms with van der Waals surface area (Å²) in [5.74, 6) is 2.30. The second-order valence-corrected chi connectivity index (χ2v) is 9.37. The van der Waals surface area contributed by atoms with Crippen LogP contribution in [0.2, 0.25) is 0 Å². The van der Waals surface area contributed by atoms with Gasteiger partial charge < -0.3 is 9.84 Å². The van der Waals surface area contributed by atoms with E-state index in [4.69, 9.17) is 4.74 Å². The maximum atomic E-state index is 11.5. The number of hydrogen-bond acceptors (Lipinski definition) is 3. The van der Waals surface area contributed by atoms with Crippen molar-refractivity contribution in [1.29, 1.82) is 0 Å². The number of rotatable bonds is 4. The van der Waals surface area contributed by atoms with Crippen LogP contribution in [0.15, 0.2) is 17.7 Å². The molecule has 140 valence electrons. The highest BCUT2D eigenvalue weighted by atomic mass is 16.5. The Kier molecular flexibility index (Phi) is 3.81. The Morgan fingerprint density at radius 2 is 2.12 bits per heavy atom. The van der Waals surface area contributed by atoms with Crippen LogP contribution in [0.25, 0.3) is 0 Å². The molecule has 2 fully saturated rings. The van der Waals surface area contributed by atoms with Crippen LogP contribution in [-0.4, -0.2) is 17.0 Å². The number of ether oxygens (including phenoxy) is 1. The average molecular weight is 354 g/mol. The zero-order valence-electron chi connectivity index (χ0n) is 16.6. The van der Waals surface area contributed by atoms with Gasteiger partial charge in [-0.1, -0.05) is 18.6 Å². The first-order valence-electron chi connectivity index (χ1n) is 9.87. The number of aromatic hydroxyl groups is 1. The fourth-order valence-electron chi connectivity index (χ4n) is 6.29. The minimum absolute atomic E-state index is 0.139. The van der Waals surface area contributed by atoms with Crippen LogP contribution < -0.4 is 4.74 Å². The lowest BCUT2D eigenvalue weighted by Gasteiger charge is -2.63. The first kappa shape index (κ1) is 17.6. The number of benzene rings is 1. The van der Waals surface area contributed by atoms with Crippen LogP contribution in [-0.2, 0) is 0 Å². The van der Waals surface area contributed by atoms with E-state index in [9.17, 15) is 9.90 Å². The number of carbonyl (C=O) groups excluding carboxylic acids is 1. The standard InChI is InChI=1S/C23H30O3/c1-13(2)7-6-9-22(4)16-8-10-23(5)19(16)20(22)18-17(26-23)11-14(3)15(12-24)21(18)25/h7,11-12,16,19-20,25H,6,8-10H2,1-5H3/t16-,19+,20+,22+,23+/m0/s1. The molecule has 1 aliphatic heterocycles. The molecule has 0 amide bonds. The molecule has 26 heavy (non-hydrogen) atoms. The summed E-state index contributed by atoms with van der Waals surface area (Å²) in [7, 11) is 0. The predicted molar refractivity (Wildman–Crippen MR) is 103 cm³/mol. The lowest BCUT2D eigenvalue weighted by molar-refractivity contribution is -0.133. The summed E-state index contributed by atoms with van der Waals surface area (Å²) >= 11 is 0. The highest BCUT2D eigenvalue weighted by molar-refractivity contribution is 5.84. The van der Waals surface area contributed by atoms with E-state index in [-0.39, 0.29) is 22.7 Å². The van der Waals surface area contributed by atoms with E-state index in [0.29, 0.717) is 17.4 Å². The number of allylic oxidation sites excluding steroid dienone is 2. The van der Waals surface area contributed by atoms with Crippen LogP contribution in [0.5, 0.6) is 11.5 Å². The molecular weight excluding hydrogens is 324 g/mol. The number of fused-ring (bicyclic) bond motifs is 2. The second-order valence-electron chi connectivity index (χ2n) is 9.37. The second kappa shape index (κ2) is 5.61. The van der Waals surface area contributed by atoms with E-state index >= 15 is 0 Å². The number of aryl methyl sites for hydroxylation is 1. The maximum absolute atomic E-state index is 11.5. The van der Waals surface area contributed by atoms with Crippen molar-refractivity contribution in [2.75, 3.05) is 0 Å².